The SMILES string of the molecule is CS(=O)(=O)c1ccccc1-n1cc(NC(=O)C2CCCNC2)cn1.Cl. The molecule has 136 valence electrons. The van der Waals surface area contributed by atoms with E-state index in [1.807, 2.05) is 0 Å². The fourth-order valence-electron chi connectivity index (χ4n) is 2.80. The minimum absolute atomic E-state index is 0. The van der Waals surface area contributed by atoms with Gasteiger partial charge >= 0.3 is 0 Å². The number of halogens is 1. The Hall–Kier alpha value is -1.90. The van der Waals surface area contributed by atoms with Gasteiger partial charge in [0.1, 0.15) is 0 Å². The van der Waals surface area contributed by atoms with E-state index >= 15 is 0 Å². The van der Waals surface area contributed by atoms with Crippen LogP contribution in [-0.2, 0) is 14.6 Å². The molecule has 1 aliphatic rings. The predicted octanol–water partition coefficient (Wildman–Crippen LogP) is 1.64. The number of aromatic nitrogens is 2. The number of nitrogens with zero attached hydrogens (tertiary/aromatic N) is 2. The van der Waals surface area contributed by atoms with E-state index in [9.17, 15) is 13.2 Å². The number of carbonyl (C=O) groups is 1. The summed E-state index contributed by atoms with van der Waals surface area (Å²) in [5, 5.41) is 10.2. The minimum atomic E-state index is -3.37. The van der Waals surface area contributed by atoms with Crippen molar-refractivity contribution in [3.05, 3.63) is 36.7 Å². The Labute approximate surface area is 153 Å². The van der Waals surface area contributed by atoms with Crippen LogP contribution in [0.15, 0.2) is 41.6 Å². The fraction of sp³-hybridized carbons (Fsp3) is 0.375. The number of rotatable bonds is 4. The van der Waals surface area contributed by atoms with E-state index in [1.165, 1.54) is 16.9 Å². The van der Waals surface area contributed by atoms with Crippen molar-refractivity contribution in [1.82, 2.24) is 15.1 Å². The van der Waals surface area contributed by atoms with E-state index in [0.29, 0.717) is 17.9 Å². The molecule has 9 heteroatoms. The quantitative estimate of drug-likeness (QED) is 0.835. The number of piperidine rings is 1. The molecule has 25 heavy (non-hydrogen) atoms. The summed E-state index contributed by atoms with van der Waals surface area (Å²) in [6, 6.07) is 6.64. The Morgan fingerprint density at radius 2 is 2.12 bits per heavy atom. The minimum Gasteiger partial charge on any atom is -0.323 e. The van der Waals surface area contributed by atoms with E-state index in [2.05, 4.69) is 15.7 Å². The summed E-state index contributed by atoms with van der Waals surface area (Å²) in [5.74, 6) is -0.0939. The van der Waals surface area contributed by atoms with Crippen LogP contribution in [0.3, 0.4) is 0 Å². The van der Waals surface area contributed by atoms with Gasteiger partial charge in [0, 0.05) is 12.8 Å². The molecule has 1 unspecified atom stereocenters. The Morgan fingerprint density at radius 1 is 1.36 bits per heavy atom. The highest BCUT2D eigenvalue weighted by Gasteiger charge is 2.21. The first-order valence-electron chi connectivity index (χ1n) is 7.81. The van der Waals surface area contributed by atoms with Gasteiger partial charge in [0.05, 0.1) is 34.6 Å². The van der Waals surface area contributed by atoms with Gasteiger partial charge in [0.25, 0.3) is 0 Å². The molecule has 1 atom stereocenters. The van der Waals surface area contributed by atoms with Crippen molar-refractivity contribution in [2.75, 3.05) is 24.7 Å². The lowest BCUT2D eigenvalue weighted by atomic mass is 9.99. The highest BCUT2D eigenvalue weighted by Crippen LogP contribution is 2.21. The van der Waals surface area contributed by atoms with Gasteiger partial charge in [-0.2, -0.15) is 5.10 Å². The second-order valence-corrected chi connectivity index (χ2v) is 7.93. The van der Waals surface area contributed by atoms with Crippen molar-refractivity contribution in [1.29, 1.82) is 0 Å². The van der Waals surface area contributed by atoms with Gasteiger partial charge in [0.15, 0.2) is 9.84 Å². The molecular weight excluding hydrogens is 364 g/mol. The largest absolute Gasteiger partial charge is 0.323 e. The lowest BCUT2D eigenvalue weighted by Crippen LogP contribution is -2.37. The van der Waals surface area contributed by atoms with E-state index in [1.54, 1.807) is 24.4 Å². The van der Waals surface area contributed by atoms with Crippen LogP contribution in [0, 0.1) is 5.92 Å². The number of sulfone groups is 1. The topological polar surface area (TPSA) is 93.1 Å². The van der Waals surface area contributed by atoms with Crippen molar-refractivity contribution in [2.45, 2.75) is 17.7 Å². The third kappa shape index (κ3) is 4.59. The molecule has 3 rings (SSSR count). The van der Waals surface area contributed by atoms with Crippen LogP contribution >= 0.6 is 12.4 Å². The number of hydrogen-bond acceptors (Lipinski definition) is 5. The summed E-state index contributed by atoms with van der Waals surface area (Å²) < 4.78 is 25.3. The lowest BCUT2D eigenvalue weighted by Gasteiger charge is -2.21. The second-order valence-electron chi connectivity index (χ2n) is 5.95. The lowest BCUT2D eigenvalue weighted by molar-refractivity contribution is -0.120. The van der Waals surface area contributed by atoms with E-state index < -0.39 is 9.84 Å². The molecule has 0 bridgehead atoms. The molecule has 0 aliphatic carbocycles. The summed E-state index contributed by atoms with van der Waals surface area (Å²) in [7, 11) is -3.37. The summed E-state index contributed by atoms with van der Waals surface area (Å²) >= 11 is 0. The van der Waals surface area contributed by atoms with Crippen molar-refractivity contribution in [2.24, 2.45) is 5.92 Å². The molecule has 1 aromatic heterocycles. The van der Waals surface area contributed by atoms with Crippen molar-refractivity contribution in [3.63, 3.8) is 0 Å². The molecule has 0 spiro atoms. The van der Waals surface area contributed by atoms with Crippen LogP contribution in [0.5, 0.6) is 0 Å². The first-order valence-corrected chi connectivity index (χ1v) is 9.70. The van der Waals surface area contributed by atoms with Crippen molar-refractivity contribution >= 4 is 33.8 Å². The molecule has 0 saturated carbocycles. The van der Waals surface area contributed by atoms with Crippen LogP contribution in [0.1, 0.15) is 12.8 Å². The Balaban J connectivity index is 0.00000225. The zero-order valence-electron chi connectivity index (χ0n) is 13.8. The first-order chi connectivity index (χ1) is 11.4. The fourth-order valence-corrected chi connectivity index (χ4v) is 3.67. The van der Waals surface area contributed by atoms with E-state index in [4.69, 9.17) is 0 Å². The van der Waals surface area contributed by atoms with Gasteiger partial charge in [-0.25, -0.2) is 13.1 Å². The molecule has 2 heterocycles. The first kappa shape index (κ1) is 19.4. The molecule has 2 N–H and O–H groups in total. The number of nitrogens with one attached hydrogen (secondary N) is 2. The maximum Gasteiger partial charge on any atom is 0.228 e. The molecule has 2 aromatic rings. The molecule has 1 aliphatic heterocycles. The Bertz CT molecular complexity index is 845. The molecule has 0 radical (unpaired) electrons. The summed E-state index contributed by atoms with van der Waals surface area (Å²) in [6.45, 7) is 1.63. The average Bonchev–Trinajstić information content (AvgIpc) is 3.03. The number of para-hydroxylation sites is 1. The van der Waals surface area contributed by atoms with Gasteiger partial charge in [0.2, 0.25) is 5.91 Å². The third-order valence-electron chi connectivity index (χ3n) is 4.03. The van der Waals surface area contributed by atoms with E-state index in [-0.39, 0.29) is 29.1 Å². The van der Waals surface area contributed by atoms with Gasteiger partial charge in [-0.05, 0) is 31.5 Å². The van der Waals surface area contributed by atoms with Crippen LogP contribution in [0.4, 0.5) is 5.69 Å². The average molecular weight is 385 g/mol. The standard InChI is InChI=1S/C16H20N4O3S.ClH/c1-24(22,23)15-7-3-2-6-14(15)20-11-13(10-18-20)19-16(21)12-5-4-8-17-9-12;/h2-3,6-7,10-12,17H,4-5,8-9H2,1H3,(H,19,21);1H. The highest BCUT2D eigenvalue weighted by atomic mass is 35.5. The van der Waals surface area contributed by atoms with Crippen molar-refractivity contribution in [3.8, 4) is 5.69 Å². The van der Waals surface area contributed by atoms with Crippen LogP contribution in [-0.4, -0.2) is 43.5 Å². The Kier molecular flexibility index (Phi) is 6.21. The molecule has 1 amide bonds. The van der Waals surface area contributed by atoms with E-state index in [0.717, 1.165) is 25.6 Å². The Morgan fingerprint density at radius 3 is 2.80 bits per heavy atom. The normalized spacial score (nSPS) is 17.6. The highest BCUT2D eigenvalue weighted by molar-refractivity contribution is 7.90. The van der Waals surface area contributed by atoms with Crippen LogP contribution in [0.2, 0.25) is 0 Å². The zero-order valence-corrected chi connectivity index (χ0v) is 15.4. The van der Waals surface area contributed by atoms with Crippen LogP contribution < -0.4 is 10.6 Å². The zero-order chi connectivity index (χ0) is 17.2. The maximum absolute atomic E-state index is 12.3. The van der Waals surface area contributed by atoms with Gasteiger partial charge in [-0.3, -0.25) is 4.79 Å². The summed E-state index contributed by atoms with van der Waals surface area (Å²) in [6.07, 6.45) is 6.16. The second kappa shape index (κ2) is 7.99. The summed E-state index contributed by atoms with van der Waals surface area (Å²) in [4.78, 5) is 12.5. The molecule has 1 saturated heterocycles. The van der Waals surface area contributed by atoms with Crippen molar-refractivity contribution < 1.29 is 13.2 Å². The number of hydrogen-bond donors (Lipinski definition) is 2. The number of anilines is 1. The van der Waals surface area contributed by atoms with Gasteiger partial charge < -0.3 is 10.6 Å². The number of benzene rings is 1. The molecule has 1 aromatic carbocycles. The summed E-state index contributed by atoms with van der Waals surface area (Å²) in [5.41, 5.74) is 1.01. The van der Waals surface area contributed by atoms with Crippen LogP contribution in [0.25, 0.3) is 5.69 Å². The number of carbonyl (C=O) groups excluding carboxylic acids is 1. The smallest absolute Gasteiger partial charge is 0.228 e. The predicted molar refractivity (Wildman–Crippen MR) is 98.1 cm³/mol. The monoisotopic (exact) mass is 384 g/mol. The molecular formula is C16H21ClN4O3S. The van der Waals surface area contributed by atoms with Gasteiger partial charge in [-0.1, -0.05) is 12.1 Å². The number of amides is 1. The molecule has 1 fully saturated rings. The van der Waals surface area contributed by atoms with Gasteiger partial charge in [-0.15, -0.1) is 12.4 Å². The maximum atomic E-state index is 12.3. The molecule has 7 nitrogen and oxygen atoms in total. The third-order valence-corrected chi connectivity index (χ3v) is 5.17.